The van der Waals surface area contributed by atoms with Crippen LogP contribution in [-0.2, 0) is 5.54 Å². The quantitative estimate of drug-likeness (QED) is 0.748. The van der Waals surface area contributed by atoms with Gasteiger partial charge in [-0.25, -0.2) is 9.07 Å². The Balaban J connectivity index is 2.38. The Bertz CT molecular complexity index is 784. The molecule has 0 aliphatic carbocycles. The Morgan fingerprint density at radius 2 is 2.10 bits per heavy atom. The van der Waals surface area contributed by atoms with E-state index in [4.69, 9.17) is 11.6 Å². The van der Waals surface area contributed by atoms with E-state index in [0.29, 0.717) is 11.3 Å². The molecule has 20 heavy (non-hydrogen) atoms. The molecule has 5 nitrogen and oxygen atoms in total. The normalized spacial score (nSPS) is 12.2. The van der Waals surface area contributed by atoms with Crippen molar-refractivity contribution in [1.82, 2.24) is 25.2 Å². The summed E-state index contributed by atoms with van der Waals surface area (Å²) >= 11 is 5.97. The van der Waals surface area contributed by atoms with Crippen molar-refractivity contribution < 1.29 is 4.39 Å². The lowest BCUT2D eigenvalue weighted by molar-refractivity contribution is 0.350. The highest BCUT2D eigenvalue weighted by Crippen LogP contribution is 2.34. The third-order valence-electron chi connectivity index (χ3n) is 3.07. The Morgan fingerprint density at radius 3 is 2.80 bits per heavy atom. The zero-order valence-electron chi connectivity index (χ0n) is 11.3. The van der Waals surface area contributed by atoms with Crippen molar-refractivity contribution in [2.45, 2.75) is 26.3 Å². The third kappa shape index (κ3) is 1.87. The molecule has 1 N–H and O–H groups in total. The van der Waals surface area contributed by atoms with Gasteiger partial charge in [0.1, 0.15) is 0 Å². The summed E-state index contributed by atoms with van der Waals surface area (Å²) in [4.78, 5) is 3.02. The number of fused-ring (bicyclic) bond motifs is 1. The molecule has 0 unspecified atom stereocenters. The number of hydrogen-bond donors (Lipinski definition) is 1. The smallest absolute Gasteiger partial charge is 0.187 e. The number of halogens is 2. The molecule has 0 amide bonds. The molecule has 3 rings (SSSR count). The molecule has 0 saturated heterocycles. The van der Waals surface area contributed by atoms with E-state index in [-0.39, 0.29) is 16.1 Å². The zero-order valence-corrected chi connectivity index (χ0v) is 12.0. The van der Waals surface area contributed by atoms with Gasteiger partial charge in [-0.3, -0.25) is 0 Å². The van der Waals surface area contributed by atoms with Crippen molar-refractivity contribution in [3.8, 4) is 11.4 Å². The van der Waals surface area contributed by atoms with Gasteiger partial charge in [0, 0.05) is 11.6 Å². The fraction of sp³-hybridized carbons (Fsp3) is 0.308. The van der Waals surface area contributed by atoms with Crippen molar-refractivity contribution in [3.05, 3.63) is 29.2 Å². The highest BCUT2D eigenvalue weighted by atomic mass is 35.5. The van der Waals surface area contributed by atoms with Crippen LogP contribution in [0.4, 0.5) is 4.39 Å². The van der Waals surface area contributed by atoms with Crippen LogP contribution in [-0.4, -0.2) is 25.2 Å². The van der Waals surface area contributed by atoms with Crippen molar-refractivity contribution in [2.75, 3.05) is 0 Å². The van der Waals surface area contributed by atoms with Gasteiger partial charge in [-0.2, -0.15) is 0 Å². The van der Waals surface area contributed by atoms with Gasteiger partial charge < -0.3 is 4.98 Å². The Labute approximate surface area is 119 Å². The van der Waals surface area contributed by atoms with Crippen LogP contribution in [0.1, 0.15) is 20.8 Å². The first-order chi connectivity index (χ1) is 9.39. The molecule has 104 valence electrons. The first-order valence-electron chi connectivity index (χ1n) is 6.14. The van der Waals surface area contributed by atoms with Crippen LogP contribution >= 0.6 is 11.6 Å². The third-order valence-corrected chi connectivity index (χ3v) is 3.34. The first-order valence-corrected chi connectivity index (χ1v) is 6.51. The standard InChI is InChI=1S/C13H13ClFN5/c1-13(2,3)20-12(17-18-19-20)9-10(15)8(14)6-7-4-5-16-11(7)9/h4-6,16H,1-3H3. The van der Waals surface area contributed by atoms with E-state index in [9.17, 15) is 4.39 Å². The van der Waals surface area contributed by atoms with Crippen LogP contribution in [0.5, 0.6) is 0 Å². The van der Waals surface area contributed by atoms with E-state index in [2.05, 4.69) is 20.5 Å². The van der Waals surface area contributed by atoms with Gasteiger partial charge in [-0.1, -0.05) is 11.6 Å². The van der Waals surface area contributed by atoms with Crippen LogP contribution in [0, 0.1) is 5.82 Å². The van der Waals surface area contributed by atoms with E-state index in [1.54, 1.807) is 16.9 Å². The average molecular weight is 294 g/mol. The monoisotopic (exact) mass is 293 g/mol. The Kier molecular flexibility index (Phi) is 2.79. The second-order valence-corrected chi connectivity index (χ2v) is 5.98. The zero-order chi connectivity index (χ0) is 14.5. The minimum absolute atomic E-state index is 0.0514. The molecule has 7 heteroatoms. The molecule has 2 heterocycles. The van der Waals surface area contributed by atoms with Gasteiger partial charge in [0.2, 0.25) is 0 Å². The fourth-order valence-electron chi connectivity index (χ4n) is 2.15. The van der Waals surface area contributed by atoms with Crippen molar-refractivity contribution in [3.63, 3.8) is 0 Å². The summed E-state index contributed by atoms with van der Waals surface area (Å²) in [7, 11) is 0. The molecule has 0 bridgehead atoms. The molecule has 0 spiro atoms. The van der Waals surface area contributed by atoms with Crippen LogP contribution in [0.25, 0.3) is 22.3 Å². The summed E-state index contributed by atoms with van der Waals surface area (Å²) in [5, 5.41) is 12.5. The van der Waals surface area contributed by atoms with Crippen LogP contribution in [0.3, 0.4) is 0 Å². The Morgan fingerprint density at radius 1 is 1.35 bits per heavy atom. The summed E-state index contributed by atoms with van der Waals surface area (Å²) in [6.45, 7) is 5.84. The molecule has 0 fully saturated rings. The largest absolute Gasteiger partial charge is 0.360 e. The molecule has 1 aromatic carbocycles. The van der Waals surface area contributed by atoms with Crippen molar-refractivity contribution >= 4 is 22.5 Å². The van der Waals surface area contributed by atoms with Crippen molar-refractivity contribution in [1.29, 1.82) is 0 Å². The molecule has 3 aromatic rings. The molecular formula is C13H13ClFN5. The number of nitrogens with zero attached hydrogens (tertiary/aromatic N) is 4. The maximum absolute atomic E-state index is 14.5. The van der Waals surface area contributed by atoms with Crippen LogP contribution in [0.2, 0.25) is 5.02 Å². The van der Waals surface area contributed by atoms with Gasteiger partial charge in [0.05, 0.1) is 21.6 Å². The second kappa shape index (κ2) is 4.28. The topological polar surface area (TPSA) is 59.4 Å². The molecular weight excluding hydrogens is 281 g/mol. The maximum atomic E-state index is 14.5. The number of benzene rings is 1. The number of hydrogen-bond acceptors (Lipinski definition) is 3. The van der Waals surface area contributed by atoms with E-state index in [1.165, 1.54) is 0 Å². The summed E-state index contributed by atoms with van der Waals surface area (Å²) in [5.41, 5.74) is 0.552. The van der Waals surface area contributed by atoms with Gasteiger partial charge in [0.15, 0.2) is 11.6 Å². The van der Waals surface area contributed by atoms with E-state index >= 15 is 0 Å². The average Bonchev–Trinajstić information content (AvgIpc) is 2.97. The lowest BCUT2D eigenvalue weighted by atomic mass is 10.1. The van der Waals surface area contributed by atoms with Gasteiger partial charge in [-0.15, -0.1) is 5.10 Å². The minimum Gasteiger partial charge on any atom is -0.360 e. The van der Waals surface area contributed by atoms with Gasteiger partial charge in [-0.05, 0) is 43.3 Å². The number of H-pyrrole nitrogens is 1. The van der Waals surface area contributed by atoms with E-state index < -0.39 is 5.82 Å². The molecule has 0 aliphatic heterocycles. The fourth-order valence-corrected chi connectivity index (χ4v) is 2.36. The van der Waals surface area contributed by atoms with Crippen LogP contribution < -0.4 is 0 Å². The van der Waals surface area contributed by atoms with E-state index in [1.807, 2.05) is 26.8 Å². The number of nitrogens with one attached hydrogen (secondary N) is 1. The first kappa shape index (κ1) is 13.1. The molecule has 0 atom stereocenters. The lowest BCUT2D eigenvalue weighted by Crippen LogP contribution is -2.24. The number of aromatic amines is 1. The number of aromatic nitrogens is 5. The predicted molar refractivity (Wildman–Crippen MR) is 75.1 cm³/mol. The van der Waals surface area contributed by atoms with E-state index in [0.717, 1.165) is 5.39 Å². The second-order valence-electron chi connectivity index (χ2n) is 5.57. The minimum atomic E-state index is -0.526. The SMILES string of the molecule is CC(C)(C)n1nnnc1-c1c(F)c(Cl)cc2cc[nH]c12. The molecule has 2 aromatic heterocycles. The molecule has 0 radical (unpaired) electrons. The summed E-state index contributed by atoms with van der Waals surface area (Å²) in [6, 6.07) is 3.41. The summed E-state index contributed by atoms with van der Waals surface area (Å²) in [6.07, 6.45) is 1.73. The molecule has 0 saturated carbocycles. The highest BCUT2D eigenvalue weighted by molar-refractivity contribution is 6.32. The molecule has 0 aliphatic rings. The predicted octanol–water partition coefficient (Wildman–Crippen LogP) is 3.37. The lowest BCUT2D eigenvalue weighted by Gasteiger charge is -2.20. The van der Waals surface area contributed by atoms with Gasteiger partial charge >= 0.3 is 0 Å². The number of rotatable bonds is 1. The maximum Gasteiger partial charge on any atom is 0.187 e. The Hall–Kier alpha value is -1.95. The summed E-state index contributed by atoms with van der Waals surface area (Å²) in [5.74, 6) is -0.174. The number of tetrazole rings is 1. The summed E-state index contributed by atoms with van der Waals surface area (Å²) < 4.78 is 16.1. The van der Waals surface area contributed by atoms with Crippen LogP contribution in [0.15, 0.2) is 18.3 Å². The highest BCUT2D eigenvalue weighted by Gasteiger charge is 2.25. The van der Waals surface area contributed by atoms with Gasteiger partial charge in [0.25, 0.3) is 0 Å². The van der Waals surface area contributed by atoms with Crippen molar-refractivity contribution in [2.24, 2.45) is 0 Å².